The Morgan fingerprint density at radius 2 is 1.93 bits per heavy atom. The van der Waals surface area contributed by atoms with Crippen LogP contribution in [0.4, 0.5) is 0 Å². The highest BCUT2D eigenvalue weighted by Crippen LogP contribution is 2.33. The van der Waals surface area contributed by atoms with Crippen molar-refractivity contribution in [1.29, 1.82) is 0 Å². The molecule has 1 fully saturated rings. The van der Waals surface area contributed by atoms with Gasteiger partial charge < -0.3 is 19.7 Å². The van der Waals surface area contributed by atoms with Crippen molar-refractivity contribution in [2.75, 3.05) is 26.2 Å². The molecule has 2 aromatic carbocycles. The lowest BCUT2D eigenvalue weighted by Gasteiger charge is -2.38. The Morgan fingerprint density at radius 3 is 2.83 bits per heavy atom. The van der Waals surface area contributed by atoms with E-state index in [1.54, 1.807) is 0 Å². The molecule has 2 aromatic heterocycles. The lowest BCUT2D eigenvalue weighted by atomic mass is 9.85. The molecule has 5 nitrogen and oxygen atoms in total. The number of aromatic nitrogens is 2. The summed E-state index contributed by atoms with van der Waals surface area (Å²) in [6.07, 6.45) is 6.22. The number of aromatic amines is 1. The number of rotatable bonds is 6. The van der Waals surface area contributed by atoms with Crippen LogP contribution in [-0.4, -0.2) is 46.2 Å². The van der Waals surface area contributed by atoms with Gasteiger partial charge in [-0.25, -0.2) is 0 Å². The van der Waals surface area contributed by atoms with Gasteiger partial charge in [-0.15, -0.1) is 0 Å². The number of benzene rings is 2. The van der Waals surface area contributed by atoms with Gasteiger partial charge in [-0.3, -0.25) is 4.98 Å². The van der Waals surface area contributed by atoms with Gasteiger partial charge in [0.05, 0.1) is 17.7 Å². The molecular formula is C25H27N3O2. The second-order valence-electron chi connectivity index (χ2n) is 8.19. The monoisotopic (exact) mass is 401 g/mol. The van der Waals surface area contributed by atoms with Gasteiger partial charge in [0.25, 0.3) is 0 Å². The Morgan fingerprint density at radius 1 is 1.07 bits per heavy atom. The molecule has 1 aliphatic heterocycles. The number of nitrogens with zero attached hydrogens (tertiary/aromatic N) is 2. The van der Waals surface area contributed by atoms with Crippen LogP contribution in [0.25, 0.3) is 21.8 Å². The summed E-state index contributed by atoms with van der Waals surface area (Å²) in [6.45, 7) is 3.45. The predicted molar refractivity (Wildman–Crippen MR) is 120 cm³/mol. The first kappa shape index (κ1) is 19.1. The first-order valence-corrected chi connectivity index (χ1v) is 10.7. The topological polar surface area (TPSA) is 61.4 Å². The molecule has 4 aromatic rings. The van der Waals surface area contributed by atoms with Crippen LogP contribution in [0.1, 0.15) is 24.8 Å². The van der Waals surface area contributed by atoms with Crippen LogP contribution >= 0.6 is 0 Å². The molecule has 5 rings (SSSR count). The molecule has 1 saturated heterocycles. The highest BCUT2D eigenvalue weighted by Gasteiger charge is 2.34. The number of aliphatic hydroxyl groups is 1. The number of ether oxygens (including phenoxy) is 1. The van der Waals surface area contributed by atoms with E-state index in [2.05, 4.69) is 39.1 Å². The smallest absolute Gasteiger partial charge is 0.128 e. The van der Waals surface area contributed by atoms with Crippen LogP contribution < -0.4 is 4.74 Å². The fraction of sp³-hybridized carbons (Fsp3) is 0.320. The van der Waals surface area contributed by atoms with E-state index in [4.69, 9.17) is 4.74 Å². The molecule has 0 radical (unpaired) electrons. The second kappa shape index (κ2) is 8.09. The fourth-order valence-corrected chi connectivity index (χ4v) is 4.41. The van der Waals surface area contributed by atoms with Gasteiger partial charge in [-0.05, 0) is 49.6 Å². The van der Waals surface area contributed by atoms with Gasteiger partial charge in [0.2, 0.25) is 0 Å². The fourth-order valence-electron chi connectivity index (χ4n) is 4.41. The highest BCUT2D eigenvalue weighted by molar-refractivity contribution is 5.85. The number of fused-ring (bicyclic) bond motifs is 2. The van der Waals surface area contributed by atoms with Crippen molar-refractivity contribution >= 4 is 21.8 Å². The van der Waals surface area contributed by atoms with Crippen molar-refractivity contribution in [1.82, 2.24) is 14.9 Å². The van der Waals surface area contributed by atoms with Crippen molar-refractivity contribution in [2.24, 2.45) is 0 Å². The Bertz CT molecular complexity index is 1150. The molecular weight excluding hydrogens is 374 g/mol. The minimum absolute atomic E-state index is 0.694. The summed E-state index contributed by atoms with van der Waals surface area (Å²) in [5, 5.41) is 13.4. The second-order valence-corrected chi connectivity index (χ2v) is 8.19. The summed E-state index contributed by atoms with van der Waals surface area (Å²) in [5.74, 6) is 0.936. The van der Waals surface area contributed by atoms with Gasteiger partial charge in [0.15, 0.2) is 0 Å². The van der Waals surface area contributed by atoms with Crippen molar-refractivity contribution in [2.45, 2.75) is 24.9 Å². The lowest BCUT2D eigenvalue weighted by molar-refractivity contribution is -0.0266. The van der Waals surface area contributed by atoms with Crippen molar-refractivity contribution in [3.63, 3.8) is 0 Å². The van der Waals surface area contributed by atoms with E-state index in [1.807, 2.05) is 42.7 Å². The van der Waals surface area contributed by atoms with Crippen molar-refractivity contribution in [3.05, 3.63) is 72.6 Å². The van der Waals surface area contributed by atoms with Gasteiger partial charge in [0.1, 0.15) is 5.75 Å². The number of hydrogen-bond acceptors (Lipinski definition) is 4. The molecule has 154 valence electrons. The minimum atomic E-state index is -0.784. The van der Waals surface area contributed by atoms with Crippen LogP contribution in [-0.2, 0) is 5.60 Å². The maximum atomic E-state index is 11.2. The molecule has 3 heterocycles. The van der Waals surface area contributed by atoms with Crippen LogP contribution in [0.3, 0.4) is 0 Å². The molecule has 0 atom stereocenters. The zero-order valence-corrected chi connectivity index (χ0v) is 17.1. The molecule has 30 heavy (non-hydrogen) atoms. The Hall–Kier alpha value is -2.89. The van der Waals surface area contributed by atoms with E-state index >= 15 is 0 Å². The minimum Gasteiger partial charge on any atom is -0.493 e. The Balaban J connectivity index is 1.13. The molecule has 0 spiro atoms. The molecule has 0 amide bonds. The third-order valence-corrected chi connectivity index (χ3v) is 6.24. The summed E-state index contributed by atoms with van der Waals surface area (Å²) < 4.78 is 6.02. The Labute approximate surface area is 176 Å². The van der Waals surface area contributed by atoms with E-state index in [0.717, 1.165) is 72.0 Å². The maximum Gasteiger partial charge on any atom is 0.128 e. The van der Waals surface area contributed by atoms with E-state index in [0.29, 0.717) is 6.61 Å². The number of para-hydroxylation sites is 1. The summed E-state index contributed by atoms with van der Waals surface area (Å²) in [4.78, 5) is 10.2. The normalized spacial score (nSPS) is 16.8. The number of likely N-dealkylation sites (tertiary alicyclic amines) is 1. The zero-order chi connectivity index (χ0) is 20.4. The zero-order valence-electron chi connectivity index (χ0n) is 17.1. The van der Waals surface area contributed by atoms with Gasteiger partial charge >= 0.3 is 0 Å². The molecule has 1 aliphatic rings. The molecule has 2 N–H and O–H groups in total. The van der Waals surface area contributed by atoms with Crippen LogP contribution in [0, 0.1) is 0 Å². The number of H-pyrrole nitrogens is 1. The van der Waals surface area contributed by atoms with E-state index in [9.17, 15) is 5.11 Å². The Kier molecular flexibility index (Phi) is 5.15. The summed E-state index contributed by atoms with van der Waals surface area (Å²) in [7, 11) is 0. The van der Waals surface area contributed by atoms with E-state index in [1.165, 1.54) is 0 Å². The summed E-state index contributed by atoms with van der Waals surface area (Å²) in [5.41, 5.74) is 2.22. The van der Waals surface area contributed by atoms with Gasteiger partial charge in [0, 0.05) is 53.9 Å². The standard InChI is InChI=1S/C25H27N3O2/c29-25(20-17-19-5-1-2-6-22(19)27-18-20)10-14-28(15-11-25)13-4-16-30-24-8-3-7-23-21(24)9-12-26-23/h1-3,5-9,12,17-18,26,29H,4,10-11,13-16H2. The molecule has 0 unspecified atom stereocenters. The third kappa shape index (κ3) is 3.78. The van der Waals surface area contributed by atoms with Gasteiger partial charge in [-0.2, -0.15) is 0 Å². The number of pyridine rings is 1. The molecule has 0 bridgehead atoms. The molecule has 0 saturated carbocycles. The first-order chi connectivity index (χ1) is 14.7. The van der Waals surface area contributed by atoms with Crippen molar-refractivity contribution in [3.8, 4) is 5.75 Å². The van der Waals surface area contributed by atoms with E-state index in [-0.39, 0.29) is 0 Å². The van der Waals surface area contributed by atoms with Crippen LogP contribution in [0.2, 0.25) is 0 Å². The number of piperidine rings is 1. The largest absolute Gasteiger partial charge is 0.493 e. The summed E-state index contributed by atoms with van der Waals surface area (Å²) >= 11 is 0. The SMILES string of the molecule is OC1(c2cnc3ccccc3c2)CCN(CCCOc2cccc3[nH]ccc23)CC1. The average molecular weight is 402 g/mol. The van der Waals surface area contributed by atoms with Crippen LogP contribution in [0.5, 0.6) is 5.75 Å². The predicted octanol–water partition coefficient (Wildman–Crippen LogP) is 4.47. The van der Waals surface area contributed by atoms with Crippen molar-refractivity contribution < 1.29 is 9.84 Å². The highest BCUT2D eigenvalue weighted by atomic mass is 16.5. The lowest BCUT2D eigenvalue weighted by Crippen LogP contribution is -2.43. The quantitative estimate of drug-likeness (QED) is 0.468. The molecule has 5 heteroatoms. The van der Waals surface area contributed by atoms with Gasteiger partial charge in [-0.1, -0.05) is 24.3 Å². The summed E-state index contributed by atoms with van der Waals surface area (Å²) in [6, 6.07) is 18.3. The molecule has 0 aliphatic carbocycles. The van der Waals surface area contributed by atoms with E-state index < -0.39 is 5.60 Å². The number of nitrogens with one attached hydrogen (secondary N) is 1. The van der Waals surface area contributed by atoms with Crippen LogP contribution in [0.15, 0.2) is 67.0 Å². The number of hydrogen-bond donors (Lipinski definition) is 2. The third-order valence-electron chi connectivity index (χ3n) is 6.24. The maximum absolute atomic E-state index is 11.2. The first-order valence-electron chi connectivity index (χ1n) is 10.7. The average Bonchev–Trinajstić information content (AvgIpc) is 3.27.